The summed E-state index contributed by atoms with van der Waals surface area (Å²) in [6.45, 7) is 0. The summed E-state index contributed by atoms with van der Waals surface area (Å²) >= 11 is 0. The maximum atomic E-state index is 10.0. The highest BCUT2D eigenvalue weighted by Gasteiger charge is 1.79. The van der Waals surface area contributed by atoms with Crippen molar-refractivity contribution in [1.82, 2.24) is 4.90 Å². The zero-order chi connectivity index (χ0) is 10.1. The second-order valence-electron chi connectivity index (χ2n) is 2.60. The maximum absolute atomic E-state index is 10.0. The van der Waals surface area contributed by atoms with Crippen molar-refractivity contribution in [3.8, 4) is 0 Å². The first-order valence-corrected chi connectivity index (χ1v) is 3.82. The molecule has 0 aromatic heterocycles. The van der Waals surface area contributed by atoms with Crippen LogP contribution in [0.4, 0.5) is 0 Å². The van der Waals surface area contributed by atoms with Gasteiger partial charge in [0.2, 0.25) is 6.41 Å². The van der Waals surface area contributed by atoms with Crippen LogP contribution < -0.4 is 0 Å². The number of benzene rings is 1. The Morgan fingerprint density at radius 2 is 1.54 bits per heavy atom. The van der Waals surface area contributed by atoms with Crippen LogP contribution in [-0.4, -0.2) is 31.7 Å². The van der Waals surface area contributed by atoms with Crippen LogP contribution in [0.15, 0.2) is 30.3 Å². The fourth-order valence-corrected chi connectivity index (χ4v) is 0.532. The van der Waals surface area contributed by atoms with Gasteiger partial charge in [-0.3, -0.25) is 9.59 Å². The van der Waals surface area contributed by atoms with E-state index in [1.807, 2.05) is 18.2 Å². The average Bonchev–Trinajstić information content (AvgIpc) is 2.20. The second-order valence-corrected chi connectivity index (χ2v) is 2.60. The summed E-state index contributed by atoms with van der Waals surface area (Å²) < 4.78 is 0. The van der Waals surface area contributed by atoms with E-state index < -0.39 is 0 Å². The first-order chi connectivity index (χ1) is 6.20. The van der Waals surface area contributed by atoms with E-state index in [-0.39, 0.29) is 0 Å². The van der Waals surface area contributed by atoms with Crippen molar-refractivity contribution in [2.75, 3.05) is 14.1 Å². The van der Waals surface area contributed by atoms with Crippen molar-refractivity contribution in [2.45, 2.75) is 0 Å². The molecule has 0 N–H and O–H groups in total. The molecule has 0 unspecified atom stereocenters. The monoisotopic (exact) mass is 179 g/mol. The molecule has 0 aliphatic rings. The van der Waals surface area contributed by atoms with Crippen molar-refractivity contribution >= 4 is 12.7 Å². The van der Waals surface area contributed by atoms with Gasteiger partial charge < -0.3 is 4.90 Å². The normalized spacial score (nSPS) is 7.85. The van der Waals surface area contributed by atoms with Gasteiger partial charge in [-0.15, -0.1) is 0 Å². The molecular formula is C10H13NO2. The molecule has 13 heavy (non-hydrogen) atoms. The minimum atomic E-state index is 0.729. The van der Waals surface area contributed by atoms with E-state index in [4.69, 9.17) is 0 Å². The van der Waals surface area contributed by atoms with E-state index in [0.717, 1.165) is 18.3 Å². The molecule has 1 aromatic carbocycles. The molecule has 1 aromatic rings. The van der Waals surface area contributed by atoms with Gasteiger partial charge in [0.15, 0.2) is 0 Å². The third-order valence-corrected chi connectivity index (χ3v) is 1.15. The van der Waals surface area contributed by atoms with Crippen LogP contribution in [0.25, 0.3) is 0 Å². The van der Waals surface area contributed by atoms with E-state index in [1.165, 1.54) is 4.90 Å². The smallest absolute Gasteiger partial charge is 0.209 e. The molecule has 0 heterocycles. The molecular weight excluding hydrogens is 166 g/mol. The first-order valence-electron chi connectivity index (χ1n) is 3.82. The quantitative estimate of drug-likeness (QED) is 0.640. The van der Waals surface area contributed by atoms with E-state index in [2.05, 4.69) is 0 Å². The molecule has 0 fully saturated rings. The van der Waals surface area contributed by atoms with Crippen LogP contribution in [-0.2, 0) is 4.79 Å². The topological polar surface area (TPSA) is 37.4 Å². The largest absolute Gasteiger partial charge is 0.351 e. The Hall–Kier alpha value is -1.64. The molecule has 0 saturated carbocycles. The highest BCUT2D eigenvalue weighted by Crippen LogP contribution is 1.91. The summed E-state index contributed by atoms with van der Waals surface area (Å²) in [4.78, 5) is 20.9. The van der Waals surface area contributed by atoms with Crippen molar-refractivity contribution in [3.05, 3.63) is 35.9 Å². The van der Waals surface area contributed by atoms with Crippen LogP contribution >= 0.6 is 0 Å². The number of nitrogens with zero attached hydrogens (tertiary/aromatic N) is 1. The predicted molar refractivity (Wildman–Crippen MR) is 51.6 cm³/mol. The Bertz CT molecular complexity index is 244. The van der Waals surface area contributed by atoms with Gasteiger partial charge in [0.1, 0.15) is 6.29 Å². The summed E-state index contributed by atoms with van der Waals surface area (Å²) in [5.41, 5.74) is 0.729. The molecule has 0 saturated heterocycles. The van der Waals surface area contributed by atoms with Crippen molar-refractivity contribution < 1.29 is 9.59 Å². The summed E-state index contributed by atoms with van der Waals surface area (Å²) in [5, 5.41) is 0. The standard InChI is InChI=1S/C7H6O.C3H7NO/c8-6-7-4-2-1-3-5-7;1-4(2)3-5/h1-6H;3H,1-2H3. The van der Waals surface area contributed by atoms with Gasteiger partial charge in [0, 0.05) is 19.7 Å². The lowest BCUT2D eigenvalue weighted by Crippen LogP contribution is -2.06. The highest BCUT2D eigenvalue weighted by atomic mass is 16.1. The lowest BCUT2D eigenvalue weighted by atomic mass is 10.2. The summed E-state index contributed by atoms with van der Waals surface area (Å²) in [6, 6.07) is 9.10. The van der Waals surface area contributed by atoms with Crippen LogP contribution in [0.5, 0.6) is 0 Å². The first kappa shape index (κ1) is 11.4. The lowest BCUT2D eigenvalue weighted by molar-refractivity contribution is -0.115. The second kappa shape index (κ2) is 7.03. The van der Waals surface area contributed by atoms with Gasteiger partial charge in [-0.1, -0.05) is 30.3 Å². The Kier molecular flexibility index (Phi) is 6.15. The van der Waals surface area contributed by atoms with E-state index in [1.54, 1.807) is 26.2 Å². The molecule has 3 heteroatoms. The average molecular weight is 179 g/mol. The highest BCUT2D eigenvalue weighted by molar-refractivity contribution is 5.74. The van der Waals surface area contributed by atoms with Gasteiger partial charge >= 0.3 is 0 Å². The third kappa shape index (κ3) is 6.75. The molecule has 1 rings (SSSR count). The molecule has 0 atom stereocenters. The Labute approximate surface area is 78.0 Å². The molecule has 1 amide bonds. The summed E-state index contributed by atoms with van der Waals surface area (Å²) in [6.07, 6.45) is 1.58. The molecule has 70 valence electrons. The number of hydrogen-bond donors (Lipinski definition) is 0. The van der Waals surface area contributed by atoms with E-state index >= 15 is 0 Å². The van der Waals surface area contributed by atoms with Crippen molar-refractivity contribution in [1.29, 1.82) is 0 Å². The zero-order valence-corrected chi connectivity index (χ0v) is 7.81. The number of aldehydes is 1. The summed E-state index contributed by atoms with van der Waals surface area (Å²) in [5.74, 6) is 0. The van der Waals surface area contributed by atoms with Crippen molar-refractivity contribution in [2.24, 2.45) is 0 Å². The molecule has 0 spiro atoms. The minimum absolute atomic E-state index is 0.729. The third-order valence-electron chi connectivity index (χ3n) is 1.15. The Balaban J connectivity index is 0.000000252. The van der Waals surface area contributed by atoms with Gasteiger partial charge in [-0.2, -0.15) is 0 Å². The van der Waals surface area contributed by atoms with Crippen molar-refractivity contribution in [3.63, 3.8) is 0 Å². The Morgan fingerprint density at radius 3 is 1.77 bits per heavy atom. The molecule has 0 aliphatic heterocycles. The number of carbonyl (C=O) groups is 2. The van der Waals surface area contributed by atoms with E-state index in [9.17, 15) is 9.59 Å². The van der Waals surface area contributed by atoms with Gasteiger partial charge in [-0.25, -0.2) is 0 Å². The lowest BCUT2D eigenvalue weighted by Gasteiger charge is -1.93. The number of carbonyl (C=O) groups excluding carboxylic acids is 2. The SMILES string of the molecule is CN(C)C=O.O=Cc1ccccc1. The summed E-state index contributed by atoms with van der Waals surface area (Å²) in [7, 11) is 3.38. The van der Waals surface area contributed by atoms with Gasteiger partial charge in [0.05, 0.1) is 0 Å². The van der Waals surface area contributed by atoms with Crippen LogP contribution in [0.1, 0.15) is 10.4 Å². The maximum Gasteiger partial charge on any atom is 0.209 e. The molecule has 0 radical (unpaired) electrons. The molecule has 3 nitrogen and oxygen atoms in total. The number of rotatable bonds is 2. The van der Waals surface area contributed by atoms with Crippen LogP contribution in [0, 0.1) is 0 Å². The number of hydrogen-bond acceptors (Lipinski definition) is 2. The molecule has 0 bridgehead atoms. The number of amides is 1. The minimum Gasteiger partial charge on any atom is -0.351 e. The Morgan fingerprint density at radius 1 is 1.08 bits per heavy atom. The predicted octanol–water partition coefficient (Wildman–Crippen LogP) is 1.20. The zero-order valence-electron chi connectivity index (χ0n) is 7.81. The fourth-order valence-electron chi connectivity index (χ4n) is 0.532. The fraction of sp³-hybridized carbons (Fsp3) is 0.200. The van der Waals surface area contributed by atoms with Gasteiger partial charge in [0.25, 0.3) is 0 Å². The van der Waals surface area contributed by atoms with E-state index in [0.29, 0.717) is 0 Å². The molecule has 0 aliphatic carbocycles. The van der Waals surface area contributed by atoms with Gasteiger partial charge in [-0.05, 0) is 0 Å². The van der Waals surface area contributed by atoms with Crippen LogP contribution in [0.2, 0.25) is 0 Å². The van der Waals surface area contributed by atoms with Crippen LogP contribution in [0.3, 0.4) is 0 Å².